The van der Waals surface area contributed by atoms with E-state index in [2.05, 4.69) is 4.52 Å². The number of phosphoric acid groups is 1. The van der Waals surface area contributed by atoms with E-state index in [9.17, 15) is 24.7 Å². The number of hydrogen-bond acceptors (Lipinski definition) is 7. The highest BCUT2D eigenvalue weighted by Crippen LogP contribution is 2.39. The minimum absolute atomic E-state index is 0.785. The number of phosphoric ester groups is 1. The molecular formula is C7H13O9P. The van der Waals surface area contributed by atoms with Crippen LogP contribution in [0.1, 0.15) is 6.42 Å². The van der Waals surface area contributed by atoms with Gasteiger partial charge in [0, 0.05) is 6.42 Å². The van der Waals surface area contributed by atoms with Crippen LogP contribution in [0.15, 0.2) is 0 Å². The van der Waals surface area contributed by atoms with Gasteiger partial charge in [-0.05, 0) is 0 Å². The topological polar surface area (TPSA) is 165 Å². The van der Waals surface area contributed by atoms with E-state index in [4.69, 9.17) is 14.9 Å². The van der Waals surface area contributed by atoms with Gasteiger partial charge < -0.3 is 30.2 Å². The van der Waals surface area contributed by atoms with Crippen molar-refractivity contribution in [2.24, 2.45) is 0 Å². The smallest absolute Gasteiger partial charge is 0.387 e. The van der Waals surface area contributed by atoms with Crippen LogP contribution in [0, 0.1) is 0 Å². The number of carbonyl (C=O) groups excluding carboxylic acids is 1. The lowest BCUT2D eigenvalue weighted by molar-refractivity contribution is -0.197. The summed E-state index contributed by atoms with van der Waals surface area (Å²) in [6, 6.07) is 0. The molecule has 9 nitrogen and oxygen atoms in total. The molecule has 10 heteroatoms. The molecule has 100 valence electrons. The molecule has 1 rings (SSSR count). The number of carbonyl (C=O) groups is 1. The first-order valence-electron chi connectivity index (χ1n) is 4.56. The van der Waals surface area contributed by atoms with E-state index in [-0.39, 0.29) is 0 Å². The van der Waals surface area contributed by atoms with Crippen molar-refractivity contribution in [2.45, 2.75) is 30.3 Å². The van der Waals surface area contributed by atoms with Gasteiger partial charge >= 0.3 is 7.82 Å². The van der Waals surface area contributed by atoms with Gasteiger partial charge in [0.15, 0.2) is 5.78 Å². The molecule has 0 radical (unpaired) electrons. The highest BCUT2D eigenvalue weighted by atomic mass is 31.2. The summed E-state index contributed by atoms with van der Waals surface area (Å²) >= 11 is 0. The van der Waals surface area contributed by atoms with Gasteiger partial charge in [-0.25, -0.2) is 4.57 Å². The van der Waals surface area contributed by atoms with Crippen LogP contribution in [-0.2, 0) is 13.9 Å². The molecule has 1 aliphatic carbocycles. The van der Waals surface area contributed by atoms with Gasteiger partial charge in [0.05, 0.1) is 6.61 Å². The summed E-state index contributed by atoms with van der Waals surface area (Å²) in [7, 11) is -4.88. The third-order valence-electron chi connectivity index (χ3n) is 2.49. The SMILES string of the molecule is O=C1C[C@@](O)(COP(=O)(O)O)[C@@H](O)[C@H](O)[C@@H]1O. The maximum Gasteiger partial charge on any atom is 0.469 e. The Morgan fingerprint density at radius 2 is 1.88 bits per heavy atom. The van der Waals surface area contributed by atoms with Gasteiger partial charge in [0.2, 0.25) is 0 Å². The molecule has 17 heavy (non-hydrogen) atoms. The summed E-state index contributed by atoms with van der Waals surface area (Å²) in [5.74, 6) is -0.959. The zero-order valence-electron chi connectivity index (χ0n) is 8.50. The Hall–Kier alpha value is -0.380. The van der Waals surface area contributed by atoms with Crippen molar-refractivity contribution in [2.75, 3.05) is 6.61 Å². The summed E-state index contributed by atoms with van der Waals surface area (Å²) in [4.78, 5) is 28.0. The summed E-state index contributed by atoms with van der Waals surface area (Å²) in [6.45, 7) is -1.05. The van der Waals surface area contributed by atoms with E-state index >= 15 is 0 Å². The number of ketones is 1. The maximum absolute atomic E-state index is 11.2. The highest BCUT2D eigenvalue weighted by molar-refractivity contribution is 7.46. The van der Waals surface area contributed by atoms with Gasteiger partial charge in [0.25, 0.3) is 0 Å². The van der Waals surface area contributed by atoms with E-state index in [1.807, 2.05) is 0 Å². The lowest BCUT2D eigenvalue weighted by Gasteiger charge is -2.40. The molecule has 0 heterocycles. The third kappa shape index (κ3) is 3.30. The Balaban J connectivity index is 2.81. The van der Waals surface area contributed by atoms with E-state index in [1.54, 1.807) is 0 Å². The molecule has 6 N–H and O–H groups in total. The molecule has 0 amide bonds. The van der Waals surface area contributed by atoms with Gasteiger partial charge in [0.1, 0.15) is 23.9 Å². The second kappa shape index (κ2) is 4.71. The predicted octanol–water partition coefficient (Wildman–Crippen LogP) is -3.12. The van der Waals surface area contributed by atoms with E-state index < -0.39 is 50.5 Å². The Bertz CT molecular complexity index is 351. The van der Waals surface area contributed by atoms with Crippen molar-refractivity contribution < 1.29 is 44.1 Å². The van der Waals surface area contributed by atoms with Crippen LogP contribution in [0.3, 0.4) is 0 Å². The largest absolute Gasteiger partial charge is 0.469 e. The van der Waals surface area contributed by atoms with Crippen LogP contribution in [-0.4, -0.2) is 66.5 Å². The molecule has 0 aliphatic heterocycles. The molecule has 0 aromatic rings. The van der Waals surface area contributed by atoms with E-state index in [0.29, 0.717) is 0 Å². The van der Waals surface area contributed by atoms with E-state index in [0.717, 1.165) is 0 Å². The van der Waals surface area contributed by atoms with Crippen molar-refractivity contribution in [1.29, 1.82) is 0 Å². The molecule has 0 aromatic heterocycles. The van der Waals surface area contributed by atoms with Gasteiger partial charge in [-0.1, -0.05) is 0 Å². The molecular weight excluding hydrogens is 259 g/mol. The molecule has 1 aliphatic rings. The molecule has 4 atom stereocenters. The number of hydrogen-bond donors (Lipinski definition) is 6. The number of Topliss-reactive ketones (excluding diaryl/α,β-unsaturated/α-hetero) is 1. The fraction of sp³-hybridized carbons (Fsp3) is 0.857. The first-order chi connectivity index (χ1) is 7.57. The van der Waals surface area contributed by atoms with Crippen LogP contribution < -0.4 is 0 Å². The Morgan fingerprint density at radius 1 is 1.35 bits per heavy atom. The fourth-order valence-electron chi connectivity index (χ4n) is 1.52. The zero-order valence-corrected chi connectivity index (χ0v) is 9.40. The Morgan fingerprint density at radius 3 is 2.35 bits per heavy atom. The van der Waals surface area contributed by atoms with Crippen molar-refractivity contribution in [3.63, 3.8) is 0 Å². The second-order valence-electron chi connectivity index (χ2n) is 3.89. The molecule has 0 bridgehead atoms. The summed E-state index contributed by atoms with van der Waals surface area (Å²) < 4.78 is 14.4. The van der Waals surface area contributed by atoms with Gasteiger partial charge in [-0.15, -0.1) is 0 Å². The summed E-state index contributed by atoms with van der Waals surface area (Å²) in [5, 5.41) is 37.6. The fourth-order valence-corrected chi connectivity index (χ4v) is 1.92. The lowest BCUT2D eigenvalue weighted by Crippen LogP contribution is -2.63. The van der Waals surface area contributed by atoms with Crippen LogP contribution >= 0.6 is 7.82 Å². The third-order valence-corrected chi connectivity index (χ3v) is 2.96. The number of aliphatic hydroxyl groups is 4. The van der Waals surface area contributed by atoms with Crippen molar-refractivity contribution in [3.8, 4) is 0 Å². The molecule has 0 saturated heterocycles. The Labute approximate surface area is 95.5 Å². The quantitative estimate of drug-likeness (QED) is 0.291. The minimum Gasteiger partial charge on any atom is -0.387 e. The van der Waals surface area contributed by atoms with Crippen LogP contribution in [0.4, 0.5) is 0 Å². The van der Waals surface area contributed by atoms with Crippen molar-refractivity contribution in [1.82, 2.24) is 0 Å². The standard InChI is InChI=1S/C7H13O9P/c8-3-1-7(12,2-16-17(13,14)15)6(11)5(10)4(3)9/h4-6,9-12H,1-2H2,(H2,13,14,15)/t4-,5-,6+,7-/m1/s1. The number of aliphatic hydroxyl groups excluding tert-OH is 3. The average Bonchev–Trinajstić information content (AvgIpc) is 2.20. The molecule has 1 fully saturated rings. The van der Waals surface area contributed by atoms with E-state index in [1.165, 1.54) is 0 Å². The minimum atomic E-state index is -4.88. The predicted molar refractivity (Wildman–Crippen MR) is 50.6 cm³/mol. The van der Waals surface area contributed by atoms with Crippen molar-refractivity contribution in [3.05, 3.63) is 0 Å². The summed E-state index contributed by atoms with van der Waals surface area (Å²) in [6.07, 6.45) is -6.53. The van der Waals surface area contributed by atoms with Gasteiger partial charge in [-0.3, -0.25) is 9.32 Å². The summed E-state index contributed by atoms with van der Waals surface area (Å²) in [5.41, 5.74) is -2.35. The maximum atomic E-state index is 11.2. The van der Waals surface area contributed by atoms with Crippen molar-refractivity contribution >= 4 is 13.6 Å². The zero-order chi connectivity index (χ0) is 13.4. The van der Waals surface area contributed by atoms with Crippen LogP contribution in [0.25, 0.3) is 0 Å². The Kier molecular flexibility index (Phi) is 4.07. The first kappa shape index (κ1) is 14.7. The lowest BCUT2D eigenvalue weighted by atomic mass is 9.78. The monoisotopic (exact) mass is 272 g/mol. The number of rotatable bonds is 3. The first-order valence-corrected chi connectivity index (χ1v) is 6.09. The molecule has 0 spiro atoms. The molecule has 1 saturated carbocycles. The normalized spacial score (nSPS) is 39.4. The molecule has 0 unspecified atom stereocenters. The second-order valence-corrected chi connectivity index (χ2v) is 5.13. The molecule has 0 aromatic carbocycles. The average molecular weight is 272 g/mol. The van der Waals surface area contributed by atoms with Gasteiger partial charge in [-0.2, -0.15) is 0 Å². The van der Waals surface area contributed by atoms with Crippen LogP contribution in [0.2, 0.25) is 0 Å². The van der Waals surface area contributed by atoms with Crippen LogP contribution in [0.5, 0.6) is 0 Å². The highest BCUT2D eigenvalue weighted by Gasteiger charge is 2.52.